The molecule has 0 saturated carbocycles. The van der Waals surface area contributed by atoms with Gasteiger partial charge in [-0.05, 0) is 32.9 Å². The molecule has 1 N–H and O–H groups in total. The van der Waals surface area contributed by atoms with Gasteiger partial charge in [-0.15, -0.1) is 0 Å². The molecule has 0 aliphatic heterocycles. The Morgan fingerprint density at radius 1 is 1.29 bits per heavy atom. The first-order chi connectivity index (χ1) is 9.91. The van der Waals surface area contributed by atoms with Crippen LogP contribution in [0.3, 0.4) is 0 Å². The average Bonchev–Trinajstić information content (AvgIpc) is 3.00. The van der Waals surface area contributed by atoms with Crippen LogP contribution < -0.4 is 5.32 Å². The van der Waals surface area contributed by atoms with Crippen molar-refractivity contribution < 1.29 is 4.42 Å². The van der Waals surface area contributed by atoms with E-state index in [0.29, 0.717) is 5.89 Å². The first-order valence-corrected chi connectivity index (χ1v) is 7.07. The largest absolute Gasteiger partial charge is 0.441 e. The molecule has 3 rings (SSSR count). The lowest BCUT2D eigenvalue weighted by Gasteiger charge is -2.18. The molecule has 0 fully saturated rings. The molecule has 0 amide bonds. The average molecular weight is 284 g/mol. The highest BCUT2D eigenvalue weighted by atomic mass is 16.3. The third-order valence-corrected chi connectivity index (χ3v) is 3.32. The molecule has 3 aromatic rings. The summed E-state index contributed by atoms with van der Waals surface area (Å²) in [6.07, 6.45) is 3.97. The summed E-state index contributed by atoms with van der Waals surface area (Å²) in [4.78, 5) is 4.30. The summed E-state index contributed by atoms with van der Waals surface area (Å²) in [5, 5.41) is 7.79. The number of nitrogens with zero attached hydrogens (tertiary/aromatic N) is 3. The van der Waals surface area contributed by atoms with Gasteiger partial charge in [0.2, 0.25) is 0 Å². The number of hydrogen-bond donors (Lipinski definition) is 1. The maximum absolute atomic E-state index is 5.54. The Morgan fingerprint density at radius 3 is 2.81 bits per heavy atom. The standard InChI is InChI=1S/C16H20N4O/c1-11-19-14-6-5-13(7-15(14)21-11)17-8-12-9-18-20(10-12)16(2,3)4/h5-7,9-10,17H,8H2,1-4H3. The number of fused-ring (bicyclic) bond motifs is 1. The quantitative estimate of drug-likeness (QED) is 0.796. The van der Waals surface area contributed by atoms with Crippen LogP contribution in [-0.4, -0.2) is 14.8 Å². The fraction of sp³-hybridized carbons (Fsp3) is 0.375. The summed E-state index contributed by atoms with van der Waals surface area (Å²) in [6, 6.07) is 5.95. The normalized spacial score (nSPS) is 12.0. The molecule has 5 heteroatoms. The number of oxazole rings is 1. The minimum absolute atomic E-state index is 0.00846. The lowest BCUT2D eigenvalue weighted by atomic mass is 10.1. The van der Waals surface area contributed by atoms with E-state index in [4.69, 9.17) is 4.42 Å². The lowest BCUT2D eigenvalue weighted by molar-refractivity contribution is 0.355. The first-order valence-electron chi connectivity index (χ1n) is 7.07. The fourth-order valence-corrected chi connectivity index (χ4v) is 2.17. The molecule has 21 heavy (non-hydrogen) atoms. The Morgan fingerprint density at radius 2 is 2.10 bits per heavy atom. The van der Waals surface area contributed by atoms with E-state index in [-0.39, 0.29) is 5.54 Å². The lowest BCUT2D eigenvalue weighted by Crippen LogP contribution is -2.21. The van der Waals surface area contributed by atoms with Crippen LogP contribution in [0.4, 0.5) is 5.69 Å². The van der Waals surface area contributed by atoms with Crippen molar-refractivity contribution in [3.63, 3.8) is 0 Å². The van der Waals surface area contributed by atoms with E-state index in [0.717, 1.165) is 28.9 Å². The third kappa shape index (κ3) is 2.91. The predicted molar refractivity (Wildman–Crippen MR) is 83.3 cm³/mol. The highest BCUT2D eigenvalue weighted by Crippen LogP contribution is 2.20. The van der Waals surface area contributed by atoms with Crippen molar-refractivity contribution >= 4 is 16.8 Å². The number of rotatable bonds is 3. The zero-order valence-electron chi connectivity index (χ0n) is 12.8. The van der Waals surface area contributed by atoms with Crippen LogP contribution in [0.25, 0.3) is 11.1 Å². The number of anilines is 1. The van der Waals surface area contributed by atoms with E-state index in [1.807, 2.05) is 36.0 Å². The Balaban J connectivity index is 1.72. The molecule has 0 saturated heterocycles. The van der Waals surface area contributed by atoms with Crippen molar-refractivity contribution in [2.75, 3.05) is 5.32 Å². The van der Waals surface area contributed by atoms with Crippen LogP contribution in [0.5, 0.6) is 0 Å². The molecule has 0 spiro atoms. The third-order valence-electron chi connectivity index (χ3n) is 3.32. The van der Waals surface area contributed by atoms with Gasteiger partial charge in [-0.25, -0.2) is 4.98 Å². The van der Waals surface area contributed by atoms with Crippen molar-refractivity contribution in [2.24, 2.45) is 0 Å². The van der Waals surface area contributed by atoms with Crippen LogP contribution in [-0.2, 0) is 12.1 Å². The van der Waals surface area contributed by atoms with Gasteiger partial charge >= 0.3 is 0 Å². The molecule has 0 aliphatic carbocycles. The van der Waals surface area contributed by atoms with Crippen molar-refractivity contribution in [1.29, 1.82) is 0 Å². The van der Waals surface area contributed by atoms with Crippen molar-refractivity contribution in [3.05, 3.63) is 42.0 Å². The van der Waals surface area contributed by atoms with Gasteiger partial charge in [0.05, 0.1) is 11.7 Å². The molecule has 0 bridgehead atoms. The molecular formula is C16H20N4O. The highest BCUT2D eigenvalue weighted by molar-refractivity contribution is 5.77. The van der Waals surface area contributed by atoms with Gasteiger partial charge in [0.1, 0.15) is 5.52 Å². The smallest absolute Gasteiger partial charge is 0.192 e. The number of hydrogen-bond acceptors (Lipinski definition) is 4. The van der Waals surface area contributed by atoms with Crippen LogP contribution in [0.15, 0.2) is 35.0 Å². The molecule has 5 nitrogen and oxygen atoms in total. The minimum Gasteiger partial charge on any atom is -0.441 e. The monoisotopic (exact) mass is 284 g/mol. The SMILES string of the molecule is Cc1nc2ccc(NCc3cnn(C(C)(C)C)c3)cc2o1. The van der Waals surface area contributed by atoms with Crippen LogP contribution >= 0.6 is 0 Å². The maximum atomic E-state index is 5.54. The molecule has 110 valence electrons. The van der Waals surface area contributed by atoms with Gasteiger partial charge < -0.3 is 9.73 Å². The second-order valence-electron chi connectivity index (χ2n) is 6.23. The molecule has 0 radical (unpaired) electrons. The molecule has 2 aromatic heterocycles. The van der Waals surface area contributed by atoms with Gasteiger partial charge in [-0.3, -0.25) is 4.68 Å². The second kappa shape index (κ2) is 4.91. The number of benzene rings is 1. The Hall–Kier alpha value is -2.30. The van der Waals surface area contributed by atoms with E-state index in [9.17, 15) is 0 Å². The molecular weight excluding hydrogens is 264 g/mol. The first kappa shape index (κ1) is 13.7. The zero-order valence-corrected chi connectivity index (χ0v) is 12.8. The summed E-state index contributed by atoms with van der Waals surface area (Å²) in [7, 11) is 0. The molecule has 2 heterocycles. The minimum atomic E-state index is 0.00846. The van der Waals surface area contributed by atoms with Crippen LogP contribution in [0.1, 0.15) is 32.2 Å². The number of nitrogens with one attached hydrogen (secondary N) is 1. The van der Waals surface area contributed by atoms with Gasteiger partial charge in [0.25, 0.3) is 0 Å². The predicted octanol–water partition coefficient (Wildman–Crippen LogP) is 3.70. The van der Waals surface area contributed by atoms with Crippen molar-refractivity contribution in [2.45, 2.75) is 39.8 Å². The molecule has 0 atom stereocenters. The van der Waals surface area contributed by atoms with E-state index in [1.54, 1.807) is 0 Å². The Bertz CT molecular complexity index is 764. The molecule has 1 aromatic carbocycles. The highest BCUT2D eigenvalue weighted by Gasteiger charge is 2.13. The fourth-order valence-electron chi connectivity index (χ4n) is 2.17. The summed E-state index contributed by atoms with van der Waals surface area (Å²) in [5.41, 5.74) is 3.87. The van der Waals surface area contributed by atoms with Gasteiger partial charge in [-0.1, -0.05) is 0 Å². The molecule has 0 aliphatic rings. The van der Waals surface area contributed by atoms with Gasteiger partial charge in [0.15, 0.2) is 11.5 Å². The van der Waals surface area contributed by atoms with E-state index >= 15 is 0 Å². The van der Waals surface area contributed by atoms with Crippen molar-refractivity contribution in [1.82, 2.24) is 14.8 Å². The summed E-state index contributed by atoms with van der Waals surface area (Å²) in [6.45, 7) is 8.99. The van der Waals surface area contributed by atoms with E-state index in [1.165, 1.54) is 0 Å². The van der Waals surface area contributed by atoms with Gasteiger partial charge in [0, 0.05) is 37.0 Å². The van der Waals surface area contributed by atoms with Crippen LogP contribution in [0, 0.1) is 6.92 Å². The van der Waals surface area contributed by atoms with Gasteiger partial charge in [-0.2, -0.15) is 5.10 Å². The Kier molecular flexibility index (Phi) is 3.20. The van der Waals surface area contributed by atoms with E-state index < -0.39 is 0 Å². The summed E-state index contributed by atoms with van der Waals surface area (Å²) >= 11 is 0. The zero-order chi connectivity index (χ0) is 15.0. The number of aryl methyl sites for hydroxylation is 1. The maximum Gasteiger partial charge on any atom is 0.192 e. The summed E-state index contributed by atoms with van der Waals surface area (Å²) < 4.78 is 7.52. The van der Waals surface area contributed by atoms with Crippen LogP contribution in [0.2, 0.25) is 0 Å². The van der Waals surface area contributed by atoms with E-state index in [2.05, 4.69) is 42.4 Å². The Labute approximate surface area is 124 Å². The topological polar surface area (TPSA) is 55.9 Å². The second-order valence-corrected chi connectivity index (χ2v) is 6.23. The summed E-state index contributed by atoms with van der Waals surface area (Å²) in [5.74, 6) is 0.689. The number of aromatic nitrogens is 3. The van der Waals surface area contributed by atoms with Crippen molar-refractivity contribution in [3.8, 4) is 0 Å². The molecule has 0 unspecified atom stereocenters.